The molecular weight excluding hydrogens is 476 g/mol. The maximum absolute atomic E-state index is 13.5. The number of rotatable bonds is 6. The van der Waals surface area contributed by atoms with Gasteiger partial charge in [-0.25, -0.2) is 12.8 Å². The highest BCUT2D eigenvalue weighted by Gasteiger charge is 2.45. The Morgan fingerprint density at radius 2 is 2.03 bits per heavy atom. The van der Waals surface area contributed by atoms with E-state index in [9.17, 15) is 30.8 Å². The molecule has 1 aromatic heterocycles. The van der Waals surface area contributed by atoms with Crippen molar-refractivity contribution in [3.63, 3.8) is 0 Å². The molecule has 2 rings (SSSR count). The summed E-state index contributed by atoms with van der Waals surface area (Å²) >= 11 is 6.09. The van der Waals surface area contributed by atoms with Gasteiger partial charge < -0.3 is 9.88 Å². The summed E-state index contributed by atoms with van der Waals surface area (Å²) in [7, 11) is -3.61. The van der Waals surface area contributed by atoms with Crippen molar-refractivity contribution >= 4 is 33.2 Å². The third-order valence-corrected chi connectivity index (χ3v) is 6.61. The van der Waals surface area contributed by atoms with E-state index in [1.54, 1.807) is 6.07 Å². The first-order valence-electron chi connectivity index (χ1n) is 8.57. The second-order valence-corrected chi connectivity index (χ2v) is 8.60. The molecule has 0 saturated heterocycles. The van der Waals surface area contributed by atoms with E-state index in [0.29, 0.717) is 13.1 Å². The number of nitriles is 1. The standard InChI is InChI=1S/C19H15ClF4N4O3S/c1-4-7-28(11(2)19(22,23)24)32(30,31)15-10-27(3)17(16(15)20)18(29)26-13-5-6-14(21)12(8-13)9-25/h5-8,10-11H,1H2,2-3H3,(H,26,29)/t11-/m1/s1. The summed E-state index contributed by atoms with van der Waals surface area (Å²) in [6.07, 6.45) is -3.52. The van der Waals surface area contributed by atoms with E-state index in [2.05, 4.69) is 11.9 Å². The highest BCUT2D eigenvalue weighted by atomic mass is 35.5. The van der Waals surface area contributed by atoms with Crippen LogP contribution < -0.4 is 5.32 Å². The minimum atomic E-state index is -4.91. The third-order valence-electron chi connectivity index (χ3n) is 4.28. The minimum Gasteiger partial charge on any atom is -0.344 e. The molecule has 0 radical (unpaired) electrons. The van der Waals surface area contributed by atoms with Crippen LogP contribution in [0, 0.1) is 17.1 Å². The molecule has 0 aliphatic heterocycles. The molecule has 1 aromatic carbocycles. The molecule has 13 heteroatoms. The lowest BCUT2D eigenvalue weighted by atomic mass is 10.2. The van der Waals surface area contributed by atoms with Crippen molar-refractivity contribution in [2.45, 2.75) is 24.0 Å². The summed E-state index contributed by atoms with van der Waals surface area (Å²) < 4.78 is 79.9. The van der Waals surface area contributed by atoms with E-state index in [-0.39, 0.29) is 15.6 Å². The Bertz CT molecular complexity index is 1260. The first kappa shape index (κ1) is 25.0. The number of amides is 1. The number of aryl methyl sites for hydroxylation is 1. The van der Waals surface area contributed by atoms with Gasteiger partial charge in [0.25, 0.3) is 15.9 Å². The summed E-state index contributed by atoms with van der Waals surface area (Å²) in [5.41, 5.74) is 1.26. The van der Waals surface area contributed by atoms with Gasteiger partial charge >= 0.3 is 6.18 Å². The van der Waals surface area contributed by atoms with Crippen molar-refractivity contribution in [1.29, 1.82) is 5.26 Å². The topological polar surface area (TPSA) is 95.2 Å². The lowest BCUT2D eigenvalue weighted by Crippen LogP contribution is -2.43. The van der Waals surface area contributed by atoms with Crippen LogP contribution in [-0.2, 0) is 17.1 Å². The molecular formula is C19H15ClF4N4O3S. The Hall–Kier alpha value is -3.26. The van der Waals surface area contributed by atoms with E-state index in [4.69, 9.17) is 16.9 Å². The Morgan fingerprint density at radius 3 is 2.56 bits per heavy atom. The molecule has 1 atom stereocenters. The second-order valence-electron chi connectivity index (χ2n) is 6.41. The fraction of sp³-hybridized carbons (Fsp3) is 0.211. The molecule has 1 amide bonds. The van der Waals surface area contributed by atoms with Crippen LogP contribution in [-0.4, -0.2) is 35.4 Å². The Kier molecular flexibility index (Phi) is 7.09. The summed E-state index contributed by atoms with van der Waals surface area (Å²) in [4.78, 5) is 11.9. The number of benzene rings is 1. The first-order chi connectivity index (χ1) is 14.7. The van der Waals surface area contributed by atoms with Gasteiger partial charge in [-0.2, -0.15) is 18.4 Å². The highest BCUT2D eigenvalue weighted by molar-refractivity contribution is 7.89. The summed E-state index contributed by atoms with van der Waals surface area (Å²) in [5.74, 6) is -1.76. The van der Waals surface area contributed by atoms with E-state index < -0.39 is 49.6 Å². The molecule has 32 heavy (non-hydrogen) atoms. The Balaban J connectivity index is 2.51. The van der Waals surface area contributed by atoms with Crippen LogP contribution in [0.2, 0.25) is 5.02 Å². The lowest BCUT2D eigenvalue weighted by Gasteiger charge is -2.27. The van der Waals surface area contributed by atoms with Gasteiger partial charge in [-0.05, 0) is 25.1 Å². The fourth-order valence-corrected chi connectivity index (χ4v) is 4.78. The fourth-order valence-electron chi connectivity index (χ4n) is 2.62. The number of nitrogens with zero attached hydrogens (tertiary/aromatic N) is 3. The van der Waals surface area contributed by atoms with Gasteiger partial charge in [0.1, 0.15) is 28.5 Å². The summed E-state index contributed by atoms with van der Waals surface area (Å²) in [6, 6.07) is 2.26. The largest absolute Gasteiger partial charge is 0.409 e. The van der Waals surface area contributed by atoms with Crippen LogP contribution in [0.15, 0.2) is 47.8 Å². The van der Waals surface area contributed by atoms with Crippen molar-refractivity contribution < 1.29 is 30.8 Å². The molecule has 0 aliphatic carbocycles. The van der Waals surface area contributed by atoms with Crippen LogP contribution in [0.25, 0.3) is 0 Å². The van der Waals surface area contributed by atoms with Crippen LogP contribution in [0.4, 0.5) is 23.2 Å². The number of aromatic nitrogens is 1. The molecule has 0 fully saturated rings. The molecule has 0 bridgehead atoms. The normalized spacial score (nSPS) is 12.4. The quantitative estimate of drug-likeness (QED) is 0.485. The van der Waals surface area contributed by atoms with Crippen molar-refractivity contribution in [3.8, 4) is 6.07 Å². The zero-order valence-corrected chi connectivity index (χ0v) is 18.1. The predicted molar refractivity (Wildman–Crippen MR) is 108 cm³/mol. The zero-order chi connectivity index (χ0) is 24.4. The van der Waals surface area contributed by atoms with Crippen molar-refractivity contribution in [2.24, 2.45) is 7.05 Å². The molecule has 1 N–H and O–H groups in total. The average Bonchev–Trinajstić information content (AvgIpc) is 3.01. The van der Waals surface area contributed by atoms with Gasteiger partial charge in [-0.1, -0.05) is 18.2 Å². The van der Waals surface area contributed by atoms with Crippen LogP contribution in [0.3, 0.4) is 0 Å². The lowest BCUT2D eigenvalue weighted by molar-refractivity contribution is -0.161. The van der Waals surface area contributed by atoms with E-state index >= 15 is 0 Å². The second kappa shape index (κ2) is 9.08. The van der Waals surface area contributed by atoms with Crippen molar-refractivity contribution in [2.75, 3.05) is 5.32 Å². The maximum atomic E-state index is 13.5. The molecule has 7 nitrogen and oxygen atoms in total. The van der Waals surface area contributed by atoms with Gasteiger partial charge in [-0.3, -0.25) is 9.10 Å². The molecule has 0 saturated carbocycles. The van der Waals surface area contributed by atoms with Crippen LogP contribution >= 0.6 is 11.6 Å². The molecule has 0 spiro atoms. The SMILES string of the molecule is C=C=CN([C@H](C)C(F)(F)F)S(=O)(=O)c1cn(C)c(C(=O)Nc2ccc(F)c(C#N)c2)c1Cl. The highest BCUT2D eigenvalue weighted by Crippen LogP contribution is 2.34. The van der Waals surface area contributed by atoms with Gasteiger partial charge in [0.05, 0.1) is 16.8 Å². The number of hydrogen-bond acceptors (Lipinski definition) is 4. The third kappa shape index (κ3) is 4.80. The number of carbonyl (C=O) groups is 1. The van der Waals surface area contributed by atoms with Gasteiger partial charge in [0.15, 0.2) is 0 Å². The van der Waals surface area contributed by atoms with E-state index in [1.807, 2.05) is 5.73 Å². The molecule has 0 aliphatic rings. The van der Waals surface area contributed by atoms with Crippen molar-refractivity contribution in [3.05, 3.63) is 65.0 Å². The number of anilines is 1. The summed E-state index contributed by atoms with van der Waals surface area (Å²) in [6.45, 7) is 3.73. The average molecular weight is 491 g/mol. The monoisotopic (exact) mass is 490 g/mol. The molecule has 1 heterocycles. The van der Waals surface area contributed by atoms with Crippen LogP contribution in [0.5, 0.6) is 0 Å². The number of nitrogens with one attached hydrogen (secondary N) is 1. The van der Waals surface area contributed by atoms with Gasteiger partial charge in [0.2, 0.25) is 0 Å². The van der Waals surface area contributed by atoms with E-state index in [0.717, 1.165) is 29.0 Å². The first-order valence-corrected chi connectivity index (χ1v) is 10.4. The molecule has 170 valence electrons. The Morgan fingerprint density at radius 1 is 1.41 bits per heavy atom. The number of hydrogen-bond donors (Lipinski definition) is 1. The molecule has 0 unspecified atom stereocenters. The van der Waals surface area contributed by atoms with E-state index in [1.165, 1.54) is 7.05 Å². The number of halogens is 5. The minimum absolute atomic E-state index is 0.0107. The predicted octanol–water partition coefficient (Wildman–Crippen LogP) is 4.18. The van der Waals surface area contributed by atoms with Crippen molar-refractivity contribution in [1.82, 2.24) is 8.87 Å². The number of alkyl halides is 3. The van der Waals surface area contributed by atoms with Crippen LogP contribution in [0.1, 0.15) is 23.0 Å². The van der Waals surface area contributed by atoms with Gasteiger partial charge in [0, 0.05) is 18.9 Å². The number of carbonyl (C=O) groups excluding carboxylic acids is 1. The zero-order valence-electron chi connectivity index (χ0n) is 16.5. The van der Waals surface area contributed by atoms with Gasteiger partial charge in [-0.15, -0.1) is 5.73 Å². The maximum Gasteiger partial charge on any atom is 0.409 e. The summed E-state index contributed by atoms with van der Waals surface area (Å²) in [5, 5.41) is 10.6. The number of sulfonamides is 1. The smallest absolute Gasteiger partial charge is 0.344 e. The Labute approximate surface area is 185 Å². The molecule has 2 aromatic rings.